The molecule has 1 aliphatic rings. The van der Waals surface area contributed by atoms with Gasteiger partial charge in [0, 0.05) is 25.7 Å². The summed E-state index contributed by atoms with van der Waals surface area (Å²) in [6, 6.07) is 7.22. The third-order valence-corrected chi connectivity index (χ3v) is 4.72. The lowest BCUT2D eigenvalue weighted by molar-refractivity contribution is -0.122. The quantitative estimate of drug-likeness (QED) is 0.796. The molecule has 140 valence electrons. The van der Waals surface area contributed by atoms with E-state index in [0.29, 0.717) is 23.4 Å². The van der Waals surface area contributed by atoms with E-state index in [4.69, 9.17) is 4.74 Å². The summed E-state index contributed by atoms with van der Waals surface area (Å²) in [5, 5.41) is 11.3. The van der Waals surface area contributed by atoms with Gasteiger partial charge < -0.3 is 10.1 Å². The van der Waals surface area contributed by atoms with Crippen LogP contribution < -0.4 is 10.9 Å². The average Bonchev–Trinajstić information content (AvgIpc) is 2.65. The predicted molar refractivity (Wildman–Crippen MR) is 97.8 cm³/mol. The van der Waals surface area contributed by atoms with Crippen molar-refractivity contribution in [1.82, 2.24) is 25.2 Å². The number of fused-ring (bicyclic) bond motifs is 1. The van der Waals surface area contributed by atoms with Crippen molar-refractivity contribution in [3.63, 3.8) is 0 Å². The number of benzene rings is 1. The molecule has 0 aliphatic carbocycles. The van der Waals surface area contributed by atoms with Crippen LogP contribution in [0.1, 0.15) is 13.8 Å². The van der Waals surface area contributed by atoms with Crippen molar-refractivity contribution < 1.29 is 9.53 Å². The molecular weight excluding hydrogens is 334 g/mol. The molecular formula is C18H25N5O3. The van der Waals surface area contributed by atoms with Crippen LogP contribution in [0.2, 0.25) is 0 Å². The Labute approximate surface area is 152 Å². The number of carbonyl (C=O) groups excluding carboxylic acids is 1. The molecule has 0 bridgehead atoms. The third-order valence-electron chi connectivity index (χ3n) is 4.72. The van der Waals surface area contributed by atoms with Crippen molar-refractivity contribution in [2.75, 3.05) is 32.8 Å². The number of ether oxygens (including phenoxy) is 1. The monoisotopic (exact) mass is 359 g/mol. The van der Waals surface area contributed by atoms with Crippen LogP contribution >= 0.6 is 0 Å². The van der Waals surface area contributed by atoms with Gasteiger partial charge in [0.05, 0.1) is 18.6 Å². The molecule has 1 aliphatic heterocycles. The Balaban J connectivity index is 1.63. The summed E-state index contributed by atoms with van der Waals surface area (Å²) in [5.41, 5.74) is 0.223. The topological polar surface area (TPSA) is 89.3 Å². The lowest BCUT2D eigenvalue weighted by Crippen LogP contribution is -2.51. The van der Waals surface area contributed by atoms with Gasteiger partial charge in [-0.1, -0.05) is 31.2 Å². The average molecular weight is 359 g/mol. The highest BCUT2D eigenvalue weighted by Crippen LogP contribution is 2.12. The molecule has 1 fully saturated rings. The highest BCUT2D eigenvalue weighted by molar-refractivity contribution is 5.78. The van der Waals surface area contributed by atoms with Crippen LogP contribution in [0.5, 0.6) is 0 Å². The highest BCUT2D eigenvalue weighted by Gasteiger charge is 2.24. The molecule has 8 nitrogen and oxygen atoms in total. The van der Waals surface area contributed by atoms with E-state index in [1.807, 2.05) is 0 Å². The molecule has 26 heavy (non-hydrogen) atoms. The molecule has 1 unspecified atom stereocenters. The van der Waals surface area contributed by atoms with E-state index in [1.54, 1.807) is 24.3 Å². The highest BCUT2D eigenvalue weighted by atomic mass is 16.5. The maximum atomic E-state index is 12.4. The lowest BCUT2D eigenvalue weighted by Gasteiger charge is -2.36. The normalized spacial score (nSPS) is 16.7. The maximum absolute atomic E-state index is 12.4. The molecule has 1 aromatic carbocycles. The Morgan fingerprint density at radius 2 is 2.00 bits per heavy atom. The van der Waals surface area contributed by atoms with Crippen molar-refractivity contribution in [3.8, 4) is 0 Å². The van der Waals surface area contributed by atoms with Crippen LogP contribution in [0.15, 0.2) is 29.1 Å². The lowest BCUT2D eigenvalue weighted by atomic mass is 10.0. The van der Waals surface area contributed by atoms with Gasteiger partial charge in [0.2, 0.25) is 5.91 Å². The molecule has 0 saturated carbocycles. The number of morpholine rings is 1. The van der Waals surface area contributed by atoms with Gasteiger partial charge in [0.25, 0.3) is 5.56 Å². The Hall–Kier alpha value is -2.32. The molecule has 2 heterocycles. The van der Waals surface area contributed by atoms with Crippen LogP contribution in [0.4, 0.5) is 0 Å². The van der Waals surface area contributed by atoms with E-state index in [1.165, 1.54) is 0 Å². The number of nitrogens with zero attached hydrogens (tertiary/aromatic N) is 4. The van der Waals surface area contributed by atoms with E-state index in [9.17, 15) is 9.59 Å². The Kier molecular flexibility index (Phi) is 5.95. The van der Waals surface area contributed by atoms with Gasteiger partial charge in [-0.2, -0.15) is 0 Å². The molecule has 1 amide bonds. The number of amides is 1. The summed E-state index contributed by atoms with van der Waals surface area (Å²) in [6.45, 7) is 7.87. The second kappa shape index (κ2) is 8.37. The third kappa shape index (κ3) is 4.25. The van der Waals surface area contributed by atoms with E-state index in [2.05, 4.69) is 34.4 Å². The number of aromatic nitrogens is 3. The van der Waals surface area contributed by atoms with Crippen LogP contribution in [-0.4, -0.2) is 64.7 Å². The molecule has 1 saturated heterocycles. The molecule has 8 heteroatoms. The zero-order valence-electron chi connectivity index (χ0n) is 15.2. The molecule has 0 radical (unpaired) electrons. The summed E-state index contributed by atoms with van der Waals surface area (Å²) < 4.78 is 6.51. The second-order valence-corrected chi connectivity index (χ2v) is 6.83. The van der Waals surface area contributed by atoms with Crippen LogP contribution in [-0.2, 0) is 16.1 Å². The SMILES string of the molecule is CC(C)C(CNC(=O)Cn1nnc2ccccc2c1=O)N1CCOCC1. The minimum atomic E-state index is -0.306. The fourth-order valence-electron chi connectivity index (χ4n) is 3.23. The fourth-order valence-corrected chi connectivity index (χ4v) is 3.23. The van der Waals surface area contributed by atoms with Crippen LogP contribution in [0, 0.1) is 5.92 Å². The molecule has 0 spiro atoms. The van der Waals surface area contributed by atoms with Crippen molar-refractivity contribution in [2.45, 2.75) is 26.4 Å². The van der Waals surface area contributed by atoms with E-state index < -0.39 is 0 Å². The molecule has 3 rings (SSSR count). The van der Waals surface area contributed by atoms with Gasteiger partial charge in [-0.3, -0.25) is 14.5 Å². The number of hydrogen-bond donors (Lipinski definition) is 1. The van der Waals surface area contributed by atoms with Crippen LogP contribution in [0.25, 0.3) is 10.9 Å². The smallest absolute Gasteiger partial charge is 0.278 e. The van der Waals surface area contributed by atoms with E-state index in [0.717, 1.165) is 31.0 Å². The maximum Gasteiger partial charge on any atom is 0.278 e. The van der Waals surface area contributed by atoms with Gasteiger partial charge in [-0.05, 0) is 18.1 Å². The summed E-state index contributed by atoms with van der Waals surface area (Å²) in [5.74, 6) is 0.159. The number of hydrogen-bond acceptors (Lipinski definition) is 6. The molecule has 1 aromatic heterocycles. The standard InChI is InChI=1S/C18H25N5O3/c1-13(2)16(22-7-9-26-10-8-22)11-19-17(24)12-23-18(25)14-5-3-4-6-15(14)20-21-23/h3-6,13,16H,7-12H2,1-2H3,(H,19,24). The van der Waals surface area contributed by atoms with Gasteiger partial charge >= 0.3 is 0 Å². The van der Waals surface area contributed by atoms with Gasteiger partial charge in [0.1, 0.15) is 12.1 Å². The minimum Gasteiger partial charge on any atom is -0.379 e. The van der Waals surface area contributed by atoms with Crippen molar-refractivity contribution in [3.05, 3.63) is 34.6 Å². The van der Waals surface area contributed by atoms with Gasteiger partial charge in [0.15, 0.2) is 0 Å². The van der Waals surface area contributed by atoms with E-state index >= 15 is 0 Å². The van der Waals surface area contributed by atoms with E-state index in [-0.39, 0.29) is 24.1 Å². The number of nitrogens with one attached hydrogen (secondary N) is 1. The first-order valence-corrected chi connectivity index (χ1v) is 8.97. The largest absolute Gasteiger partial charge is 0.379 e. The Morgan fingerprint density at radius 1 is 1.27 bits per heavy atom. The molecule has 1 atom stereocenters. The number of rotatable bonds is 6. The zero-order valence-corrected chi connectivity index (χ0v) is 15.2. The summed E-state index contributed by atoms with van der Waals surface area (Å²) in [6.07, 6.45) is 0. The Morgan fingerprint density at radius 3 is 2.73 bits per heavy atom. The fraction of sp³-hybridized carbons (Fsp3) is 0.556. The van der Waals surface area contributed by atoms with Gasteiger partial charge in [-0.25, -0.2) is 4.68 Å². The van der Waals surface area contributed by atoms with Gasteiger partial charge in [-0.15, -0.1) is 5.10 Å². The first-order chi connectivity index (χ1) is 12.6. The molecule has 1 N–H and O–H groups in total. The van der Waals surface area contributed by atoms with Crippen molar-refractivity contribution >= 4 is 16.8 Å². The minimum absolute atomic E-state index is 0.134. The Bertz CT molecular complexity index is 814. The zero-order chi connectivity index (χ0) is 18.5. The summed E-state index contributed by atoms with van der Waals surface area (Å²) in [4.78, 5) is 27.1. The van der Waals surface area contributed by atoms with Crippen molar-refractivity contribution in [1.29, 1.82) is 0 Å². The number of carbonyl (C=O) groups is 1. The van der Waals surface area contributed by atoms with Crippen molar-refractivity contribution in [2.24, 2.45) is 5.92 Å². The molecule has 2 aromatic rings. The second-order valence-electron chi connectivity index (χ2n) is 6.83. The predicted octanol–water partition coefficient (Wildman–Crippen LogP) is 0.265. The van der Waals surface area contributed by atoms with Crippen LogP contribution in [0.3, 0.4) is 0 Å². The summed E-state index contributed by atoms with van der Waals surface area (Å²) in [7, 11) is 0. The first kappa shape index (κ1) is 18.5. The first-order valence-electron chi connectivity index (χ1n) is 8.97. The summed E-state index contributed by atoms with van der Waals surface area (Å²) >= 11 is 0.